The lowest BCUT2D eigenvalue weighted by Crippen LogP contribution is -2.38. The number of para-hydroxylation sites is 1. The number of aryl methyl sites for hydroxylation is 9. The Morgan fingerprint density at radius 3 is 0.874 bits per heavy atom. The number of carboxylic acid groups (broad SMARTS) is 3. The summed E-state index contributed by atoms with van der Waals surface area (Å²) in [6.07, 6.45) is 0.125. The summed E-state index contributed by atoms with van der Waals surface area (Å²) in [5, 5.41) is 30.9. The van der Waals surface area contributed by atoms with E-state index in [-0.39, 0.29) is 89.5 Å². The maximum atomic E-state index is 14.0. The van der Waals surface area contributed by atoms with Crippen LogP contribution in [0.25, 0.3) is 65.4 Å². The second kappa shape index (κ2) is 36.8. The molecule has 0 aliphatic carbocycles. The first-order chi connectivity index (χ1) is 56.2. The van der Waals surface area contributed by atoms with Crippen LogP contribution in [0.4, 0.5) is 0 Å². The number of carboxylic acids is 3. The molecule has 31 nitrogen and oxygen atoms in total. The summed E-state index contributed by atoms with van der Waals surface area (Å²) < 4.78 is 163. The van der Waals surface area contributed by atoms with Crippen LogP contribution in [-0.2, 0) is 50.0 Å². The van der Waals surface area contributed by atoms with E-state index in [0.717, 1.165) is 0 Å². The lowest BCUT2D eigenvalue weighted by molar-refractivity contribution is -0.645. The monoisotopic (exact) mass is 1690 g/mol. The van der Waals surface area contributed by atoms with Crippen molar-refractivity contribution in [1.29, 1.82) is 0 Å². The van der Waals surface area contributed by atoms with Crippen LogP contribution < -0.4 is 61.1 Å². The highest BCUT2D eigenvalue weighted by Gasteiger charge is 2.34. The quantitative estimate of drug-likeness (QED) is 0.0135. The minimum atomic E-state index is -4.46. The van der Waals surface area contributed by atoms with Crippen LogP contribution in [0.1, 0.15) is 115 Å². The third-order valence-electron chi connectivity index (χ3n) is 19.5. The average Bonchev–Trinajstić information content (AvgIpc) is 0.761. The van der Waals surface area contributed by atoms with Crippen LogP contribution in [0.5, 0.6) is 57.5 Å². The molecule has 0 spiro atoms. The number of carbonyl (C=O) groups excluding carboxylic acids is 3. The van der Waals surface area contributed by atoms with Crippen molar-refractivity contribution in [3.05, 3.63) is 206 Å². The van der Waals surface area contributed by atoms with Gasteiger partial charge in [-0.1, -0.05) is 6.07 Å². The number of esters is 3. The molecule has 0 saturated heterocycles. The van der Waals surface area contributed by atoms with Crippen LogP contribution in [0.15, 0.2) is 140 Å². The normalized spacial score (nSPS) is 11.5. The zero-order valence-corrected chi connectivity index (χ0v) is 69.2. The highest BCUT2D eigenvalue weighted by molar-refractivity contribution is 7.86. The Hall–Kier alpha value is -12.9. The predicted molar refractivity (Wildman–Crippen MR) is 432 cm³/mol. The van der Waals surface area contributed by atoms with Gasteiger partial charge < -0.3 is 76.3 Å². The molecule has 0 atom stereocenters. The molecular formula is C85H83N3O28S3. The first kappa shape index (κ1) is 88.5. The molecule has 624 valence electrons. The molecule has 119 heavy (non-hydrogen) atoms. The number of benzene rings is 9. The molecule has 34 heteroatoms. The minimum Gasteiger partial charge on any atom is -0.748 e. The van der Waals surface area contributed by atoms with Crippen molar-refractivity contribution in [2.45, 2.75) is 80.4 Å². The Kier molecular flexibility index (Phi) is 27.3. The number of pyridine rings is 3. The Morgan fingerprint density at radius 2 is 0.588 bits per heavy atom. The number of nitrogens with zero attached hydrogens (tertiary/aromatic N) is 3. The number of hydrogen-bond acceptors (Lipinski definition) is 25. The fraction of sp³-hybridized carbons (Fsp3) is 0.259. The van der Waals surface area contributed by atoms with E-state index in [0.29, 0.717) is 139 Å². The van der Waals surface area contributed by atoms with E-state index in [1.165, 1.54) is 86.2 Å². The topological polar surface area (TPSA) is 439 Å². The molecule has 0 aliphatic heterocycles. The SMILES string of the molecule is COc1ccc2c(c1)c(C(=O)Oc1c(C)cc(C(=O)O)cc1C)c1cc(OC)cc(OC)c1[n+]2CCCS(=O)(=O)[O-].COc1ccc2c(c1)c(C(=O)Oc1c(C)cc(C(=O)O)cc1C)c1cc(OC)ccc1[n+]2CCCS(=O)(=O)[O-].COc1ccc2c(c1)c(C(=O)Oc1c(C)cc(C(=O)O)cc1C)c1cccc(OC)c1[n+]2CCCS(=O)(=O)[O-]. The Labute approximate surface area is 683 Å². The lowest BCUT2D eigenvalue weighted by atomic mass is 10.00. The molecule has 0 fully saturated rings. The predicted octanol–water partition coefficient (Wildman–Crippen LogP) is 11.3. The number of fused-ring (bicyclic) bond motifs is 6. The van der Waals surface area contributed by atoms with Crippen molar-refractivity contribution in [1.82, 2.24) is 0 Å². The second-order valence-corrected chi connectivity index (χ2v) is 32.0. The highest BCUT2D eigenvalue weighted by Crippen LogP contribution is 2.40. The van der Waals surface area contributed by atoms with E-state index in [2.05, 4.69) is 0 Å². The zero-order valence-electron chi connectivity index (χ0n) is 66.8. The van der Waals surface area contributed by atoms with Gasteiger partial charge in [0.2, 0.25) is 22.1 Å². The van der Waals surface area contributed by atoms with Crippen LogP contribution in [0, 0.1) is 41.5 Å². The van der Waals surface area contributed by atoms with Gasteiger partial charge in [0.05, 0.1) is 146 Å². The first-order valence-corrected chi connectivity index (χ1v) is 41.1. The maximum absolute atomic E-state index is 14.0. The van der Waals surface area contributed by atoms with Gasteiger partial charge in [0.1, 0.15) is 46.0 Å². The fourth-order valence-electron chi connectivity index (χ4n) is 14.3. The fourth-order valence-corrected chi connectivity index (χ4v) is 15.8. The van der Waals surface area contributed by atoms with Crippen LogP contribution in [0.3, 0.4) is 0 Å². The van der Waals surface area contributed by atoms with E-state index in [1.54, 1.807) is 149 Å². The molecule has 0 saturated carbocycles. The van der Waals surface area contributed by atoms with Gasteiger partial charge in [-0.2, -0.15) is 13.7 Å². The van der Waals surface area contributed by atoms with Crippen LogP contribution >= 0.6 is 0 Å². The van der Waals surface area contributed by atoms with Gasteiger partial charge in [0.25, 0.3) is 11.0 Å². The highest BCUT2D eigenvalue weighted by atomic mass is 32.2. The number of hydrogen-bond donors (Lipinski definition) is 3. The second-order valence-electron chi connectivity index (χ2n) is 27.4. The third kappa shape index (κ3) is 20.1. The standard InChI is InChI=1S/C29H29NO10S.2C28H27NO9S/c1-16-11-18(28(31)32)12-17(2)27(16)40-29(33)25-21-13-19(37-3)7-8-23(21)30(9-6-10-41(34,35)36)26-22(25)14-20(38-4)15-24(26)39-5;1-16-12-18(27(30)31)13-17(2)26(16)38-28(32)25-21-14-19(36-3)6-8-23(21)29(10-5-11-39(33,34)35)24-9-7-20(37-4)15-22(24)25;1-16-13-18(27(30)31)14-17(2)26(16)38-28(32)24-20-7-5-8-23(37-4)25(20)29(11-6-12-39(33,34)35)22-10-9-19(36-3)15-21(22)24/h7-8,11-15H,6,9-10H2,1-5H3,(H-,31,32,34,35,36);6-9,12-15H,5,10-11H2,1-4H3,(H-,30,31,33,34,35);5,7-10,13-15H,6,11-12H2,1-4H3,(H-,30,31,33,34,35). The summed E-state index contributed by atoms with van der Waals surface area (Å²) in [5.41, 5.74) is 6.91. The largest absolute Gasteiger partial charge is 0.748 e. The van der Waals surface area contributed by atoms with E-state index >= 15 is 0 Å². The van der Waals surface area contributed by atoms with Crippen molar-refractivity contribution in [2.75, 3.05) is 67.0 Å². The summed E-state index contributed by atoms with van der Waals surface area (Å²) in [5.74, 6) is -3.30. The van der Waals surface area contributed by atoms with Gasteiger partial charge in [-0.15, -0.1) is 0 Å². The van der Waals surface area contributed by atoms with Gasteiger partial charge >= 0.3 is 35.8 Å². The van der Waals surface area contributed by atoms with Crippen molar-refractivity contribution in [2.24, 2.45) is 0 Å². The van der Waals surface area contributed by atoms with E-state index in [1.807, 2.05) is 9.13 Å². The lowest BCUT2D eigenvalue weighted by Gasteiger charge is -2.17. The molecule has 12 aromatic rings. The Balaban J connectivity index is 0.000000188. The smallest absolute Gasteiger partial charge is 0.345 e. The molecule has 3 heterocycles. The van der Waals surface area contributed by atoms with E-state index < -0.39 is 83.4 Å². The van der Waals surface area contributed by atoms with Gasteiger partial charge in [-0.05, 0) is 178 Å². The summed E-state index contributed by atoms with van der Waals surface area (Å²) >= 11 is 0. The maximum Gasteiger partial charge on any atom is 0.345 e. The Bertz CT molecular complexity index is 6230. The van der Waals surface area contributed by atoms with E-state index in [4.69, 9.17) is 47.4 Å². The molecule has 0 unspecified atom stereocenters. The summed E-state index contributed by atoms with van der Waals surface area (Å²) in [6.45, 7) is 10.4. The summed E-state index contributed by atoms with van der Waals surface area (Å²) in [7, 11) is -2.93. The number of methoxy groups -OCH3 is 7. The van der Waals surface area contributed by atoms with Gasteiger partial charge in [-0.25, -0.2) is 54.0 Å². The van der Waals surface area contributed by atoms with Crippen molar-refractivity contribution >= 4 is 132 Å². The number of rotatable bonds is 28. The average molecular weight is 1690 g/mol. The van der Waals surface area contributed by atoms with Gasteiger partial charge in [0.15, 0.2) is 31.1 Å². The summed E-state index contributed by atoms with van der Waals surface area (Å²) in [4.78, 5) is 76.2. The minimum absolute atomic E-state index is 0.0139. The molecule has 0 amide bonds. The molecule has 0 bridgehead atoms. The zero-order chi connectivity index (χ0) is 87.0. The third-order valence-corrected chi connectivity index (χ3v) is 21.9. The molecule has 12 rings (SSSR count). The summed E-state index contributed by atoms with van der Waals surface area (Å²) in [6, 6.07) is 37.5. The number of ether oxygens (including phenoxy) is 10. The number of carbonyl (C=O) groups is 6. The van der Waals surface area contributed by atoms with Crippen molar-refractivity contribution in [3.8, 4) is 57.5 Å². The Morgan fingerprint density at radius 1 is 0.319 bits per heavy atom. The number of aromatic nitrogens is 3. The number of aromatic carboxylic acids is 3. The first-order valence-electron chi connectivity index (χ1n) is 36.4. The van der Waals surface area contributed by atoms with Gasteiger partial charge in [0, 0.05) is 66.9 Å². The molecule has 9 aromatic carbocycles. The van der Waals surface area contributed by atoms with Crippen LogP contribution in [0.2, 0.25) is 0 Å². The van der Waals surface area contributed by atoms with E-state index in [9.17, 15) is 83.0 Å². The molecular weight excluding hydrogens is 1610 g/mol. The van der Waals surface area contributed by atoms with Crippen molar-refractivity contribution < 1.29 is 144 Å². The molecule has 0 radical (unpaired) electrons. The molecule has 0 aliphatic rings. The molecule has 3 N–H and O–H groups in total. The van der Waals surface area contributed by atoms with Crippen molar-refractivity contribution in [3.63, 3.8) is 0 Å². The van der Waals surface area contributed by atoms with Gasteiger partial charge in [-0.3, -0.25) is 0 Å². The molecule has 3 aromatic heterocycles. The van der Waals surface area contributed by atoms with Crippen LogP contribution in [-0.4, -0.2) is 157 Å².